The van der Waals surface area contributed by atoms with Crippen molar-refractivity contribution in [3.05, 3.63) is 11.8 Å². The second-order valence-electron chi connectivity index (χ2n) is 6.86. The first-order chi connectivity index (χ1) is 11.2. The molecule has 0 aromatic carbocycles. The molecule has 6 heteroatoms. The van der Waals surface area contributed by atoms with Gasteiger partial charge >= 0.3 is 11.8 Å². The summed E-state index contributed by atoms with van der Waals surface area (Å²) in [6, 6.07) is 0.634. The monoisotopic (exact) mass is 320 g/mol. The number of carbonyl (C=O) groups is 1. The van der Waals surface area contributed by atoms with Crippen molar-refractivity contribution in [2.45, 2.75) is 58.4 Å². The molecule has 0 saturated carbocycles. The van der Waals surface area contributed by atoms with Gasteiger partial charge in [-0.3, -0.25) is 4.79 Å². The number of carbonyl (C=O) groups excluding carboxylic acids is 1. The third-order valence-electron chi connectivity index (χ3n) is 5.34. The molecule has 1 unspecified atom stereocenters. The molecule has 0 radical (unpaired) electrons. The standard InChI is InChI=1S/C17H28N4O2/c1-3-6-15-18-19-16(23-15)17(22)21-11-7-14(8-12-21)13(2)20-9-4-5-10-20/h13-14H,3-12H2,1-2H3. The van der Waals surface area contributed by atoms with Crippen LogP contribution in [0, 0.1) is 5.92 Å². The molecule has 2 saturated heterocycles. The Bertz CT molecular complexity index is 516. The van der Waals surface area contributed by atoms with E-state index < -0.39 is 0 Å². The highest BCUT2D eigenvalue weighted by atomic mass is 16.4. The van der Waals surface area contributed by atoms with E-state index in [-0.39, 0.29) is 11.8 Å². The summed E-state index contributed by atoms with van der Waals surface area (Å²) in [5.74, 6) is 1.30. The largest absolute Gasteiger partial charge is 0.417 e. The Morgan fingerprint density at radius 3 is 2.57 bits per heavy atom. The summed E-state index contributed by atoms with van der Waals surface area (Å²) in [5, 5.41) is 7.86. The van der Waals surface area contributed by atoms with Gasteiger partial charge in [0.15, 0.2) is 0 Å². The van der Waals surface area contributed by atoms with Gasteiger partial charge in [0.2, 0.25) is 5.89 Å². The van der Waals surface area contributed by atoms with Crippen LogP contribution in [0.5, 0.6) is 0 Å². The predicted molar refractivity (Wildman–Crippen MR) is 87.2 cm³/mol. The number of piperidine rings is 1. The van der Waals surface area contributed by atoms with Gasteiger partial charge in [0.05, 0.1) is 0 Å². The van der Waals surface area contributed by atoms with Crippen LogP contribution in [-0.2, 0) is 6.42 Å². The molecule has 3 rings (SSSR count). The Balaban J connectivity index is 1.52. The van der Waals surface area contributed by atoms with E-state index in [1.807, 2.05) is 4.90 Å². The molecule has 2 aliphatic heterocycles. The summed E-state index contributed by atoms with van der Waals surface area (Å²) in [6.07, 6.45) is 6.47. The van der Waals surface area contributed by atoms with Crippen LogP contribution in [0.15, 0.2) is 4.42 Å². The highest BCUT2D eigenvalue weighted by Gasteiger charge is 2.32. The van der Waals surface area contributed by atoms with Crippen molar-refractivity contribution >= 4 is 5.91 Å². The Labute approximate surface area is 138 Å². The number of rotatable bonds is 5. The Morgan fingerprint density at radius 1 is 1.22 bits per heavy atom. The molecule has 0 aliphatic carbocycles. The van der Waals surface area contributed by atoms with E-state index in [0.717, 1.165) is 38.8 Å². The minimum atomic E-state index is -0.105. The van der Waals surface area contributed by atoms with Gasteiger partial charge in [-0.25, -0.2) is 0 Å². The van der Waals surface area contributed by atoms with E-state index in [1.54, 1.807) is 0 Å². The van der Waals surface area contributed by atoms with Crippen LogP contribution in [0.4, 0.5) is 0 Å². The van der Waals surface area contributed by atoms with E-state index in [0.29, 0.717) is 17.9 Å². The molecule has 0 spiro atoms. The molecule has 0 bridgehead atoms. The minimum absolute atomic E-state index is 0.105. The minimum Gasteiger partial charge on any atom is -0.417 e. The number of aromatic nitrogens is 2. The summed E-state index contributed by atoms with van der Waals surface area (Å²) >= 11 is 0. The first-order valence-corrected chi connectivity index (χ1v) is 9.04. The fourth-order valence-corrected chi connectivity index (χ4v) is 3.82. The number of hydrogen-bond acceptors (Lipinski definition) is 5. The quantitative estimate of drug-likeness (QED) is 0.833. The second kappa shape index (κ2) is 7.43. The lowest BCUT2D eigenvalue weighted by Crippen LogP contribution is -2.45. The number of hydrogen-bond donors (Lipinski definition) is 0. The number of amides is 1. The fraction of sp³-hybridized carbons (Fsp3) is 0.824. The van der Waals surface area contributed by atoms with Crippen molar-refractivity contribution < 1.29 is 9.21 Å². The molecule has 23 heavy (non-hydrogen) atoms. The van der Waals surface area contributed by atoms with Gasteiger partial charge in [0, 0.05) is 25.6 Å². The molecular weight excluding hydrogens is 292 g/mol. The van der Waals surface area contributed by atoms with Crippen LogP contribution in [0.2, 0.25) is 0 Å². The third-order valence-corrected chi connectivity index (χ3v) is 5.34. The maximum absolute atomic E-state index is 12.5. The van der Waals surface area contributed by atoms with Crippen LogP contribution in [0.1, 0.15) is 62.5 Å². The highest BCUT2D eigenvalue weighted by Crippen LogP contribution is 2.27. The lowest BCUT2D eigenvalue weighted by Gasteiger charge is -2.37. The average Bonchev–Trinajstić information content (AvgIpc) is 3.26. The SMILES string of the molecule is CCCc1nnc(C(=O)N2CCC(C(C)N3CCCC3)CC2)o1. The van der Waals surface area contributed by atoms with Crippen molar-refractivity contribution in [2.24, 2.45) is 5.92 Å². The highest BCUT2D eigenvalue weighted by molar-refractivity contribution is 5.89. The smallest absolute Gasteiger partial charge is 0.311 e. The maximum atomic E-state index is 12.5. The van der Waals surface area contributed by atoms with Crippen LogP contribution < -0.4 is 0 Å². The topological polar surface area (TPSA) is 62.5 Å². The molecule has 0 N–H and O–H groups in total. The summed E-state index contributed by atoms with van der Waals surface area (Å²) in [7, 11) is 0. The number of nitrogens with zero attached hydrogens (tertiary/aromatic N) is 4. The summed E-state index contributed by atoms with van der Waals surface area (Å²) in [5.41, 5.74) is 0. The first-order valence-electron chi connectivity index (χ1n) is 9.04. The van der Waals surface area contributed by atoms with Gasteiger partial charge in [-0.05, 0) is 58.0 Å². The zero-order valence-electron chi connectivity index (χ0n) is 14.3. The first kappa shape index (κ1) is 16.4. The molecule has 3 heterocycles. The van der Waals surface area contributed by atoms with Gasteiger partial charge in [0.1, 0.15) is 0 Å². The van der Waals surface area contributed by atoms with E-state index in [9.17, 15) is 4.79 Å². The third kappa shape index (κ3) is 3.74. The Hall–Kier alpha value is -1.43. The molecule has 1 atom stereocenters. The van der Waals surface area contributed by atoms with Gasteiger partial charge < -0.3 is 14.2 Å². The van der Waals surface area contributed by atoms with Crippen LogP contribution in [0.3, 0.4) is 0 Å². The number of aryl methyl sites for hydroxylation is 1. The molecule has 1 aromatic rings. The molecule has 6 nitrogen and oxygen atoms in total. The van der Waals surface area contributed by atoms with Crippen molar-refractivity contribution in [3.63, 3.8) is 0 Å². The molecular formula is C17H28N4O2. The van der Waals surface area contributed by atoms with Gasteiger partial charge in [-0.1, -0.05) is 6.92 Å². The van der Waals surface area contributed by atoms with Crippen molar-refractivity contribution in [1.82, 2.24) is 20.0 Å². The van der Waals surface area contributed by atoms with Crippen molar-refractivity contribution in [1.29, 1.82) is 0 Å². The maximum Gasteiger partial charge on any atom is 0.311 e. The van der Waals surface area contributed by atoms with Crippen molar-refractivity contribution in [3.8, 4) is 0 Å². The predicted octanol–water partition coefficient (Wildman–Crippen LogP) is 2.36. The molecule has 2 aliphatic rings. The zero-order chi connectivity index (χ0) is 16.2. The lowest BCUT2D eigenvalue weighted by atomic mass is 9.89. The zero-order valence-corrected chi connectivity index (χ0v) is 14.3. The van der Waals surface area contributed by atoms with Gasteiger partial charge in [-0.2, -0.15) is 0 Å². The summed E-state index contributed by atoms with van der Waals surface area (Å²) in [6.45, 7) is 8.48. The number of likely N-dealkylation sites (tertiary alicyclic amines) is 2. The normalized spacial score (nSPS) is 21.7. The van der Waals surface area contributed by atoms with E-state index in [1.165, 1.54) is 25.9 Å². The molecule has 2 fully saturated rings. The Morgan fingerprint density at radius 2 is 1.91 bits per heavy atom. The van der Waals surface area contributed by atoms with Crippen molar-refractivity contribution in [2.75, 3.05) is 26.2 Å². The van der Waals surface area contributed by atoms with Crippen LogP contribution in [-0.4, -0.2) is 58.1 Å². The van der Waals surface area contributed by atoms with Gasteiger partial charge in [0.25, 0.3) is 0 Å². The molecule has 128 valence electrons. The van der Waals surface area contributed by atoms with E-state index in [4.69, 9.17) is 4.42 Å². The average molecular weight is 320 g/mol. The lowest BCUT2D eigenvalue weighted by molar-refractivity contribution is 0.0585. The Kier molecular flexibility index (Phi) is 5.30. The summed E-state index contributed by atoms with van der Waals surface area (Å²) in [4.78, 5) is 16.9. The van der Waals surface area contributed by atoms with E-state index in [2.05, 4.69) is 28.9 Å². The van der Waals surface area contributed by atoms with Gasteiger partial charge in [-0.15, -0.1) is 10.2 Å². The van der Waals surface area contributed by atoms with Crippen LogP contribution in [0.25, 0.3) is 0 Å². The van der Waals surface area contributed by atoms with Crippen LogP contribution >= 0.6 is 0 Å². The molecule has 1 amide bonds. The summed E-state index contributed by atoms with van der Waals surface area (Å²) < 4.78 is 5.47. The molecule has 1 aromatic heterocycles. The second-order valence-corrected chi connectivity index (χ2v) is 6.86. The fourth-order valence-electron chi connectivity index (χ4n) is 3.82. The van der Waals surface area contributed by atoms with E-state index >= 15 is 0 Å².